The van der Waals surface area contributed by atoms with Gasteiger partial charge in [0.25, 0.3) is 0 Å². The number of allylic oxidation sites excluding steroid dienone is 1. The van der Waals surface area contributed by atoms with Crippen molar-refractivity contribution in [1.82, 2.24) is 0 Å². The van der Waals surface area contributed by atoms with E-state index < -0.39 is 66.8 Å². The third-order valence-corrected chi connectivity index (χ3v) is 9.74. The lowest BCUT2D eigenvalue weighted by Gasteiger charge is -2.30. The summed E-state index contributed by atoms with van der Waals surface area (Å²) >= 11 is 0. The Morgan fingerprint density at radius 1 is 0.567 bits per heavy atom. The third kappa shape index (κ3) is 16.2. The summed E-state index contributed by atoms with van der Waals surface area (Å²) in [6.07, 6.45) is -6.81. The fourth-order valence-corrected chi connectivity index (χ4v) is 6.23. The van der Waals surface area contributed by atoms with Gasteiger partial charge in [-0.25, -0.2) is 9.59 Å². The number of carbonyl (C=O) groups excluding carboxylic acids is 4. The van der Waals surface area contributed by atoms with Crippen LogP contribution in [0.1, 0.15) is 75.4 Å². The molecule has 6 N–H and O–H groups in total. The highest BCUT2D eigenvalue weighted by atomic mass is 19.4. The predicted molar refractivity (Wildman–Crippen MR) is 235 cm³/mol. The van der Waals surface area contributed by atoms with Gasteiger partial charge in [-0.15, -0.1) is 0 Å². The van der Waals surface area contributed by atoms with Gasteiger partial charge in [0, 0.05) is 30.6 Å². The van der Waals surface area contributed by atoms with E-state index in [1.807, 2.05) is 0 Å². The van der Waals surface area contributed by atoms with Crippen molar-refractivity contribution in [3.8, 4) is 23.0 Å². The Hall–Kier alpha value is -7.44. The summed E-state index contributed by atoms with van der Waals surface area (Å²) in [5, 5.41) is 22.7. The normalized spacial score (nSPS) is 12.5. The Morgan fingerprint density at radius 2 is 0.985 bits per heavy atom. The molecule has 18 heteroatoms. The van der Waals surface area contributed by atoms with E-state index in [9.17, 15) is 55.7 Å². The summed E-state index contributed by atoms with van der Waals surface area (Å²) in [7, 11) is 0. The average molecular weight is 935 g/mol. The number of esters is 2. The number of alkyl halides is 6. The monoisotopic (exact) mass is 934 g/mol. The SMILES string of the molecule is Nc1ccc(C(CC(=O)/C=C/c2ccc(C(=O)Oc3ccc(OCCCC(F)(F)F)cc3)cc2)C(O)(O)C(=O)/C=C/c2ccc(C(=O)Oc3ccc(OCCCC(F)(F)F)cc3)cc2)c(N)c1. The minimum atomic E-state index is -4.28. The summed E-state index contributed by atoms with van der Waals surface area (Å²) < 4.78 is 95.3. The van der Waals surface area contributed by atoms with Gasteiger partial charge in [0.1, 0.15) is 23.0 Å². The zero-order chi connectivity index (χ0) is 48.8. The molecule has 0 saturated heterocycles. The summed E-state index contributed by atoms with van der Waals surface area (Å²) in [5.41, 5.74) is 13.4. The van der Waals surface area contributed by atoms with Crippen molar-refractivity contribution >= 4 is 47.0 Å². The maximum atomic E-state index is 13.4. The van der Waals surface area contributed by atoms with E-state index in [0.717, 1.165) is 12.2 Å². The molecule has 5 aromatic rings. The molecule has 0 spiro atoms. The van der Waals surface area contributed by atoms with Crippen LogP contribution >= 0.6 is 0 Å². The van der Waals surface area contributed by atoms with Crippen molar-refractivity contribution in [2.45, 2.75) is 56.2 Å². The molecule has 67 heavy (non-hydrogen) atoms. The first-order chi connectivity index (χ1) is 31.6. The number of anilines is 2. The van der Waals surface area contributed by atoms with Gasteiger partial charge in [0.05, 0.1) is 30.3 Å². The summed E-state index contributed by atoms with van der Waals surface area (Å²) in [5.74, 6) is -7.14. The number of nitrogens with two attached hydrogens (primary N) is 2. The minimum absolute atomic E-state index is 0.00995. The molecule has 0 aliphatic rings. The maximum Gasteiger partial charge on any atom is 0.389 e. The molecule has 352 valence electrons. The van der Waals surface area contributed by atoms with Crippen LogP contribution in [0.3, 0.4) is 0 Å². The van der Waals surface area contributed by atoms with Gasteiger partial charge in [-0.2, -0.15) is 26.3 Å². The van der Waals surface area contributed by atoms with Crippen LogP contribution in [0.15, 0.2) is 127 Å². The Kier molecular flexibility index (Phi) is 17.1. The van der Waals surface area contributed by atoms with Crippen LogP contribution in [0, 0.1) is 0 Å². The van der Waals surface area contributed by atoms with E-state index in [2.05, 4.69) is 0 Å². The molecular formula is C49H44F6N2O10. The van der Waals surface area contributed by atoms with Crippen molar-refractivity contribution in [2.24, 2.45) is 0 Å². The number of hydrogen-bond acceptors (Lipinski definition) is 12. The maximum absolute atomic E-state index is 13.4. The first kappa shape index (κ1) is 50.6. The van der Waals surface area contributed by atoms with E-state index in [-0.39, 0.29) is 65.6 Å². The van der Waals surface area contributed by atoms with Gasteiger partial charge in [-0.1, -0.05) is 42.5 Å². The molecule has 0 fully saturated rings. The molecule has 0 aromatic heterocycles. The summed E-state index contributed by atoms with van der Waals surface area (Å²) in [4.78, 5) is 52.2. The molecule has 0 saturated carbocycles. The minimum Gasteiger partial charge on any atom is -0.494 e. The standard InChI is InChI=1S/C49H44F6N2O10/c50-47(51,52)25-1-27-64-37-15-19-39(20-16-37)66-45(60)33-9-3-31(4-10-33)7-14-36(58)30-42(41-23-13-35(56)29-43(41)57)49(62,63)44(59)24-8-32-5-11-34(12-6-32)46(61)67-40-21-17-38(18-22-40)65-28-2-26-48(53,54)55/h3-24,29,42,62-63H,1-2,25-28,30,56-57H2/b14-7+,24-8+. The first-order valence-electron chi connectivity index (χ1n) is 20.4. The summed E-state index contributed by atoms with van der Waals surface area (Å²) in [6, 6.07) is 27.2. The molecular weight excluding hydrogens is 891 g/mol. The zero-order valence-corrected chi connectivity index (χ0v) is 35.4. The lowest BCUT2D eigenvalue weighted by molar-refractivity contribution is -0.187. The molecule has 0 heterocycles. The van der Waals surface area contributed by atoms with Crippen LogP contribution in [-0.2, 0) is 9.59 Å². The van der Waals surface area contributed by atoms with E-state index in [4.69, 9.17) is 30.4 Å². The molecule has 0 aliphatic carbocycles. The molecule has 0 radical (unpaired) electrons. The number of ether oxygens (including phenoxy) is 4. The Bertz CT molecular complexity index is 2540. The molecule has 12 nitrogen and oxygen atoms in total. The number of rotatable bonds is 21. The van der Waals surface area contributed by atoms with Crippen LogP contribution < -0.4 is 30.4 Å². The van der Waals surface area contributed by atoms with E-state index in [1.54, 1.807) is 0 Å². The third-order valence-electron chi connectivity index (χ3n) is 9.74. The molecule has 5 rings (SSSR count). The molecule has 0 amide bonds. The topological polar surface area (TPSA) is 198 Å². The summed E-state index contributed by atoms with van der Waals surface area (Å²) in [6.45, 7) is -0.288. The highest BCUT2D eigenvalue weighted by Gasteiger charge is 2.43. The second-order valence-electron chi connectivity index (χ2n) is 15.0. The van der Waals surface area contributed by atoms with Crippen molar-refractivity contribution in [1.29, 1.82) is 0 Å². The lowest BCUT2D eigenvalue weighted by Crippen LogP contribution is -2.44. The molecule has 5 aromatic carbocycles. The van der Waals surface area contributed by atoms with E-state index in [1.165, 1.54) is 127 Å². The highest BCUT2D eigenvalue weighted by molar-refractivity contribution is 6.01. The lowest BCUT2D eigenvalue weighted by atomic mass is 9.82. The quantitative estimate of drug-likeness (QED) is 0.0104. The Balaban J connectivity index is 1.17. The van der Waals surface area contributed by atoms with Crippen molar-refractivity contribution in [2.75, 3.05) is 24.7 Å². The van der Waals surface area contributed by atoms with Crippen LogP contribution in [0.2, 0.25) is 0 Å². The van der Waals surface area contributed by atoms with Gasteiger partial charge < -0.3 is 40.6 Å². The van der Waals surface area contributed by atoms with Crippen LogP contribution in [0.25, 0.3) is 12.2 Å². The highest BCUT2D eigenvalue weighted by Crippen LogP contribution is 2.36. The second kappa shape index (κ2) is 22.6. The Labute approximate surface area is 380 Å². The first-order valence-corrected chi connectivity index (χ1v) is 20.4. The van der Waals surface area contributed by atoms with Crippen molar-refractivity contribution in [3.63, 3.8) is 0 Å². The van der Waals surface area contributed by atoms with Gasteiger partial charge in [-0.05, 0) is 127 Å². The van der Waals surface area contributed by atoms with Crippen LogP contribution in [0.5, 0.6) is 23.0 Å². The fourth-order valence-electron chi connectivity index (χ4n) is 6.23. The van der Waals surface area contributed by atoms with Crippen molar-refractivity contribution in [3.05, 3.63) is 155 Å². The number of benzene rings is 5. The molecule has 1 unspecified atom stereocenters. The number of carbonyl (C=O) groups is 4. The van der Waals surface area contributed by atoms with Gasteiger partial charge >= 0.3 is 24.3 Å². The number of nitrogen functional groups attached to an aromatic ring is 2. The molecule has 1 atom stereocenters. The van der Waals surface area contributed by atoms with Gasteiger partial charge in [0.15, 0.2) is 5.78 Å². The van der Waals surface area contributed by atoms with Crippen molar-refractivity contribution < 1.29 is 74.7 Å². The number of ketones is 2. The molecule has 0 bridgehead atoms. The Morgan fingerprint density at radius 3 is 1.40 bits per heavy atom. The average Bonchev–Trinajstić information content (AvgIpc) is 3.28. The van der Waals surface area contributed by atoms with Gasteiger partial charge in [0.2, 0.25) is 11.6 Å². The number of aliphatic hydroxyl groups is 2. The van der Waals surface area contributed by atoms with Crippen LogP contribution in [-0.4, -0.2) is 65.1 Å². The predicted octanol–water partition coefficient (Wildman–Crippen LogP) is 9.45. The smallest absolute Gasteiger partial charge is 0.389 e. The van der Waals surface area contributed by atoms with Gasteiger partial charge in [-0.3, -0.25) is 9.59 Å². The van der Waals surface area contributed by atoms with Crippen LogP contribution in [0.4, 0.5) is 37.7 Å². The van der Waals surface area contributed by atoms with E-state index >= 15 is 0 Å². The fraction of sp³-hybridized carbons (Fsp3) is 0.224. The second-order valence-corrected chi connectivity index (χ2v) is 15.0. The number of hydrogen-bond donors (Lipinski definition) is 4. The number of halogens is 6. The largest absolute Gasteiger partial charge is 0.494 e. The van der Waals surface area contributed by atoms with E-state index in [0.29, 0.717) is 22.6 Å². The molecule has 0 aliphatic heterocycles. The zero-order valence-electron chi connectivity index (χ0n) is 35.4.